The molecule has 0 unspecified atom stereocenters. The second-order valence-electron chi connectivity index (χ2n) is 9.55. The lowest BCUT2D eigenvalue weighted by molar-refractivity contribution is -0.757. The Kier molecular flexibility index (Phi) is 10.8. The summed E-state index contributed by atoms with van der Waals surface area (Å²) in [6, 6.07) is 5.92. The molecule has 11 nitrogen and oxygen atoms in total. The lowest BCUT2D eigenvalue weighted by atomic mass is 10.1. The molecule has 0 heterocycles. The number of alkyl carbamates (subject to hydrolysis) is 1. The van der Waals surface area contributed by atoms with Gasteiger partial charge < -0.3 is 24.4 Å². The van der Waals surface area contributed by atoms with Crippen molar-refractivity contribution >= 4 is 18.0 Å². The molecule has 190 valence electrons. The maximum Gasteiger partial charge on any atom is 0.408 e. The summed E-state index contributed by atoms with van der Waals surface area (Å²) < 4.78 is 15.8. The van der Waals surface area contributed by atoms with E-state index >= 15 is 0 Å². The third kappa shape index (κ3) is 13.2. The highest BCUT2D eigenvalue weighted by atomic mass is 16.9. The highest BCUT2D eigenvalue weighted by Gasteiger charge is 2.29. The molecule has 0 fully saturated rings. The lowest BCUT2D eigenvalue weighted by Crippen LogP contribution is -2.46. The number of carbonyl (C=O) groups excluding carboxylic acids is 3. The van der Waals surface area contributed by atoms with E-state index in [1.165, 1.54) is 0 Å². The van der Waals surface area contributed by atoms with Crippen LogP contribution < -0.4 is 5.32 Å². The normalized spacial score (nSPS) is 12.3. The first-order valence-electron chi connectivity index (χ1n) is 10.9. The molecule has 1 rings (SSSR count). The number of rotatable bonds is 11. The van der Waals surface area contributed by atoms with E-state index in [-0.39, 0.29) is 26.1 Å². The predicted octanol–water partition coefficient (Wildman–Crippen LogP) is 3.50. The molecule has 1 aromatic carbocycles. The molecule has 1 N–H and O–H groups in total. The zero-order valence-electron chi connectivity index (χ0n) is 20.5. The fraction of sp³-hybridized carbons (Fsp3) is 0.609. The quantitative estimate of drug-likeness (QED) is 0.217. The standard InChI is InChI=1S/C23H34N2O9/c1-22(2,3)33-20(27)18(24-21(28)34-23(4,5)6)11-12-19(26)31-15-17-9-7-16(8-10-17)13-14-32-25(29)30/h7-10,18H,11-15H2,1-6H3,(H,24,28)/t18-/m0/s1. The fourth-order valence-corrected chi connectivity index (χ4v) is 2.61. The number of esters is 2. The monoisotopic (exact) mass is 482 g/mol. The number of ether oxygens (including phenoxy) is 3. The molecule has 0 spiro atoms. The van der Waals surface area contributed by atoms with Gasteiger partial charge >= 0.3 is 18.0 Å². The highest BCUT2D eigenvalue weighted by Crippen LogP contribution is 2.14. The molecule has 0 saturated carbocycles. The van der Waals surface area contributed by atoms with Crippen molar-refractivity contribution in [2.45, 2.75) is 84.7 Å². The molecule has 0 saturated heterocycles. The number of nitrogens with zero attached hydrogens (tertiary/aromatic N) is 1. The lowest BCUT2D eigenvalue weighted by Gasteiger charge is -2.26. The Morgan fingerprint density at radius 1 is 0.971 bits per heavy atom. The number of hydrogen-bond donors (Lipinski definition) is 1. The molecule has 1 aromatic rings. The first-order chi connectivity index (χ1) is 15.6. The molecule has 0 aliphatic heterocycles. The van der Waals surface area contributed by atoms with Crippen LogP contribution in [0, 0.1) is 10.1 Å². The summed E-state index contributed by atoms with van der Waals surface area (Å²) in [4.78, 5) is 51.3. The molecule has 11 heteroatoms. The smallest absolute Gasteiger partial charge is 0.408 e. The van der Waals surface area contributed by atoms with Gasteiger partial charge in [0.25, 0.3) is 5.09 Å². The van der Waals surface area contributed by atoms with Gasteiger partial charge in [-0.3, -0.25) is 4.79 Å². The van der Waals surface area contributed by atoms with Gasteiger partial charge in [-0.2, -0.15) is 0 Å². The first-order valence-corrected chi connectivity index (χ1v) is 10.9. The van der Waals surface area contributed by atoms with Crippen LogP contribution in [-0.4, -0.2) is 47.0 Å². The summed E-state index contributed by atoms with van der Waals surface area (Å²) in [5.41, 5.74) is 0.0389. The zero-order chi connectivity index (χ0) is 25.9. The van der Waals surface area contributed by atoms with E-state index in [0.29, 0.717) is 6.42 Å². The molecule has 1 atom stereocenters. The van der Waals surface area contributed by atoms with Gasteiger partial charge in [-0.1, -0.05) is 24.3 Å². The van der Waals surface area contributed by atoms with Crippen LogP contribution in [0.4, 0.5) is 4.79 Å². The van der Waals surface area contributed by atoms with Crippen LogP contribution in [0.15, 0.2) is 24.3 Å². The van der Waals surface area contributed by atoms with Crippen LogP contribution in [-0.2, 0) is 41.7 Å². The Hall–Kier alpha value is -3.37. The van der Waals surface area contributed by atoms with Gasteiger partial charge in [-0.15, -0.1) is 10.1 Å². The minimum atomic E-state index is -1.08. The second-order valence-corrected chi connectivity index (χ2v) is 9.55. The Morgan fingerprint density at radius 3 is 2.06 bits per heavy atom. The van der Waals surface area contributed by atoms with Crippen molar-refractivity contribution < 1.29 is 38.5 Å². The van der Waals surface area contributed by atoms with Gasteiger partial charge in [0.1, 0.15) is 30.5 Å². The predicted molar refractivity (Wildman–Crippen MR) is 121 cm³/mol. The molecule has 34 heavy (non-hydrogen) atoms. The van der Waals surface area contributed by atoms with E-state index in [1.54, 1.807) is 65.8 Å². The third-order valence-electron chi connectivity index (χ3n) is 4.03. The average molecular weight is 483 g/mol. The summed E-state index contributed by atoms with van der Waals surface area (Å²) in [6.07, 6.45) is -0.573. The summed E-state index contributed by atoms with van der Waals surface area (Å²) in [5, 5.41) is 11.8. The van der Waals surface area contributed by atoms with Crippen LogP contribution >= 0.6 is 0 Å². The molecule has 0 aromatic heterocycles. The molecule has 1 amide bonds. The van der Waals surface area contributed by atoms with Crippen LogP contribution in [0.5, 0.6) is 0 Å². The highest BCUT2D eigenvalue weighted by molar-refractivity contribution is 5.82. The number of benzene rings is 1. The Labute approximate surface area is 199 Å². The molecular weight excluding hydrogens is 448 g/mol. The Balaban J connectivity index is 2.59. The summed E-state index contributed by atoms with van der Waals surface area (Å²) in [5.74, 6) is -1.23. The maximum absolute atomic E-state index is 12.5. The zero-order valence-corrected chi connectivity index (χ0v) is 20.5. The topological polar surface area (TPSA) is 143 Å². The van der Waals surface area contributed by atoms with E-state index in [2.05, 4.69) is 10.2 Å². The van der Waals surface area contributed by atoms with Gasteiger partial charge in [-0.05, 0) is 65.5 Å². The van der Waals surface area contributed by atoms with E-state index in [4.69, 9.17) is 14.2 Å². The van der Waals surface area contributed by atoms with Crippen LogP contribution in [0.25, 0.3) is 0 Å². The molecule has 0 radical (unpaired) electrons. The second kappa shape index (κ2) is 12.8. The number of hydrogen-bond acceptors (Lipinski definition) is 9. The van der Waals surface area contributed by atoms with Crippen molar-refractivity contribution in [1.82, 2.24) is 5.32 Å². The number of amides is 1. The average Bonchev–Trinajstić information content (AvgIpc) is 2.67. The first kappa shape index (κ1) is 28.7. The molecular formula is C23H34N2O9. The number of nitrogens with one attached hydrogen (secondary N) is 1. The van der Waals surface area contributed by atoms with E-state index in [1.807, 2.05) is 0 Å². The Morgan fingerprint density at radius 2 is 1.53 bits per heavy atom. The minimum absolute atomic E-state index is 0.0150. The van der Waals surface area contributed by atoms with E-state index in [9.17, 15) is 24.5 Å². The van der Waals surface area contributed by atoms with Gasteiger partial charge in [0, 0.05) is 6.42 Å². The van der Waals surface area contributed by atoms with Crippen LogP contribution in [0.2, 0.25) is 0 Å². The maximum atomic E-state index is 12.5. The van der Waals surface area contributed by atoms with Gasteiger partial charge in [0.15, 0.2) is 0 Å². The largest absolute Gasteiger partial charge is 0.461 e. The van der Waals surface area contributed by atoms with E-state index < -0.39 is 40.4 Å². The van der Waals surface area contributed by atoms with Crippen molar-refractivity contribution in [3.63, 3.8) is 0 Å². The molecule has 0 bridgehead atoms. The minimum Gasteiger partial charge on any atom is -0.461 e. The third-order valence-corrected chi connectivity index (χ3v) is 4.03. The summed E-state index contributed by atoms with van der Waals surface area (Å²) in [6.45, 7) is 10.1. The Bertz CT molecular complexity index is 839. The fourth-order valence-electron chi connectivity index (χ4n) is 2.61. The molecule has 0 aliphatic carbocycles. The van der Waals surface area contributed by atoms with Crippen LogP contribution in [0.3, 0.4) is 0 Å². The SMILES string of the molecule is CC(C)(C)OC(=O)N[C@@H](CCC(=O)OCc1ccc(CCO[N+](=O)[O-])cc1)C(=O)OC(C)(C)C. The van der Waals surface area contributed by atoms with Gasteiger partial charge in [0.05, 0.1) is 0 Å². The van der Waals surface area contributed by atoms with Gasteiger partial charge in [-0.25, -0.2) is 9.59 Å². The van der Waals surface area contributed by atoms with Gasteiger partial charge in [0.2, 0.25) is 0 Å². The van der Waals surface area contributed by atoms with Crippen molar-refractivity contribution in [3.8, 4) is 0 Å². The van der Waals surface area contributed by atoms with Crippen molar-refractivity contribution in [2.75, 3.05) is 6.61 Å². The summed E-state index contributed by atoms with van der Waals surface area (Å²) >= 11 is 0. The van der Waals surface area contributed by atoms with Crippen molar-refractivity contribution in [2.24, 2.45) is 0 Å². The van der Waals surface area contributed by atoms with Crippen molar-refractivity contribution in [3.05, 3.63) is 45.5 Å². The summed E-state index contributed by atoms with van der Waals surface area (Å²) in [7, 11) is 0. The van der Waals surface area contributed by atoms with Crippen molar-refractivity contribution in [1.29, 1.82) is 0 Å². The van der Waals surface area contributed by atoms with Crippen LogP contribution in [0.1, 0.15) is 65.5 Å². The number of carbonyl (C=O) groups is 3. The van der Waals surface area contributed by atoms with E-state index in [0.717, 1.165) is 11.1 Å². The molecule has 0 aliphatic rings.